The lowest BCUT2D eigenvalue weighted by Gasteiger charge is -2.12. The third kappa shape index (κ3) is 4.60. The Morgan fingerprint density at radius 1 is 1.00 bits per heavy atom. The first-order chi connectivity index (χ1) is 16.4. The van der Waals surface area contributed by atoms with Crippen LogP contribution in [0.15, 0.2) is 71.5 Å². The number of amides is 2. The minimum Gasteiger partial charge on any atom is -0.497 e. The van der Waals surface area contributed by atoms with Crippen molar-refractivity contribution in [3.8, 4) is 11.4 Å². The third-order valence-electron chi connectivity index (χ3n) is 4.95. The summed E-state index contributed by atoms with van der Waals surface area (Å²) in [7, 11) is 1.51. The Morgan fingerprint density at radius 2 is 1.71 bits per heavy atom. The molecule has 0 radical (unpaired) electrons. The molecule has 0 aliphatic carbocycles. The summed E-state index contributed by atoms with van der Waals surface area (Å²) in [6.45, 7) is -0.507. The molecule has 1 aromatic heterocycles. The van der Waals surface area contributed by atoms with Crippen molar-refractivity contribution in [1.82, 2.24) is 15.1 Å². The van der Waals surface area contributed by atoms with Crippen LogP contribution >= 0.6 is 0 Å². The molecule has 0 atom stereocenters. The van der Waals surface area contributed by atoms with Gasteiger partial charge < -0.3 is 15.4 Å². The Hall–Kier alpha value is -4.60. The van der Waals surface area contributed by atoms with E-state index in [1.54, 1.807) is 48.5 Å². The number of hydrogen-bond donors (Lipinski definition) is 2. The second-order valence-electron chi connectivity index (χ2n) is 7.16. The van der Waals surface area contributed by atoms with Crippen LogP contribution in [-0.2, 0) is 4.79 Å². The molecule has 34 heavy (non-hydrogen) atoms. The highest BCUT2D eigenvalue weighted by Crippen LogP contribution is 2.18. The molecule has 0 fully saturated rings. The van der Waals surface area contributed by atoms with E-state index in [9.17, 15) is 23.2 Å². The number of methoxy groups -OCH3 is 1. The summed E-state index contributed by atoms with van der Waals surface area (Å²) in [4.78, 5) is 38.1. The SMILES string of the molecule is COc1ccc(-n2nc(C(=O)NCC(=O)Nc3ccc(F)cc3F)c3ccccc3c2=O)cc1. The summed E-state index contributed by atoms with van der Waals surface area (Å²) in [5.74, 6) is -2.59. The van der Waals surface area contributed by atoms with Crippen LogP contribution in [0.4, 0.5) is 14.5 Å². The zero-order valence-electron chi connectivity index (χ0n) is 17.8. The molecule has 1 heterocycles. The Labute approximate surface area is 191 Å². The first-order valence-corrected chi connectivity index (χ1v) is 10.1. The number of nitrogens with zero attached hydrogens (tertiary/aromatic N) is 2. The number of rotatable bonds is 6. The summed E-state index contributed by atoms with van der Waals surface area (Å²) in [5.41, 5.74) is -0.318. The molecule has 8 nitrogen and oxygen atoms in total. The summed E-state index contributed by atoms with van der Waals surface area (Å²) in [6.07, 6.45) is 0. The minimum atomic E-state index is -0.945. The molecule has 4 rings (SSSR count). The van der Waals surface area contributed by atoms with E-state index in [0.717, 1.165) is 16.8 Å². The van der Waals surface area contributed by atoms with Gasteiger partial charge in [0, 0.05) is 11.5 Å². The third-order valence-corrected chi connectivity index (χ3v) is 4.95. The summed E-state index contributed by atoms with van der Waals surface area (Å²) >= 11 is 0. The van der Waals surface area contributed by atoms with Gasteiger partial charge in [-0.1, -0.05) is 18.2 Å². The van der Waals surface area contributed by atoms with Crippen molar-refractivity contribution in [2.45, 2.75) is 0 Å². The van der Waals surface area contributed by atoms with E-state index in [1.807, 2.05) is 0 Å². The second-order valence-corrected chi connectivity index (χ2v) is 7.16. The predicted octanol–water partition coefficient (Wildman–Crippen LogP) is 3.04. The van der Waals surface area contributed by atoms with Crippen LogP contribution in [0.1, 0.15) is 10.5 Å². The van der Waals surface area contributed by atoms with E-state index in [4.69, 9.17) is 4.74 Å². The van der Waals surface area contributed by atoms with Crippen molar-refractivity contribution in [2.24, 2.45) is 0 Å². The monoisotopic (exact) mass is 464 g/mol. The Morgan fingerprint density at radius 3 is 2.38 bits per heavy atom. The maximum absolute atomic E-state index is 13.7. The predicted molar refractivity (Wildman–Crippen MR) is 121 cm³/mol. The van der Waals surface area contributed by atoms with Gasteiger partial charge in [0.05, 0.1) is 30.4 Å². The molecular formula is C24H18F2N4O4. The fourth-order valence-corrected chi connectivity index (χ4v) is 3.29. The average molecular weight is 464 g/mol. The largest absolute Gasteiger partial charge is 0.497 e. The van der Waals surface area contributed by atoms with Crippen LogP contribution in [0, 0.1) is 11.6 Å². The standard InChI is InChI=1S/C24H18F2N4O4/c1-34-16-9-7-15(8-10-16)30-24(33)18-5-3-2-4-17(18)22(29-30)23(32)27-13-21(31)28-20-11-6-14(25)12-19(20)26/h2-12H,13H2,1H3,(H,27,32)(H,28,31). The van der Waals surface area contributed by atoms with E-state index in [2.05, 4.69) is 15.7 Å². The Balaban J connectivity index is 1.61. The first-order valence-electron chi connectivity index (χ1n) is 10.1. The number of benzene rings is 3. The van der Waals surface area contributed by atoms with Gasteiger partial charge in [-0.3, -0.25) is 14.4 Å². The van der Waals surface area contributed by atoms with E-state index in [1.165, 1.54) is 7.11 Å². The average Bonchev–Trinajstić information content (AvgIpc) is 2.85. The van der Waals surface area contributed by atoms with Crippen molar-refractivity contribution in [3.63, 3.8) is 0 Å². The number of fused-ring (bicyclic) bond motifs is 1. The normalized spacial score (nSPS) is 10.7. The molecule has 4 aromatic rings. The zero-order valence-corrected chi connectivity index (χ0v) is 17.8. The fraction of sp³-hybridized carbons (Fsp3) is 0.0833. The molecule has 0 unspecified atom stereocenters. The zero-order chi connectivity index (χ0) is 24.2. The Bertz CT molecular complexity index is 1450. The van der Waals surface area contributed by atoms with E-state index < -0.39 is 35.6 Å². The molecule has 2 N–H and O–H groups in total. The number of aromatic nitrogens is 2. The molecule has 3 aromatic carbocycles. The van der Waals surface area contributed by atoms with Crippen LogP contribution in [0.2, 0.25) is 0 Å². The number of halogens is 2. The molecule has 0 saturated carbocycles. The number of carbonyl (C=O) groups is 2. The van der Waals surface area contributed by atoms with Gasteiger partial charge in [-0.15, -0.1) is 0 Å². The summed E-state index contributed by atoms with van der Waals surface area (Å²) in [6, 6.07) is 15.7. The van der Waals surface area contributed by atoms with E-state index in [-0.39, 0.29) is 16.8 Å². The lowest BCUT2D eigenvalue weighted by molar-refractivity contribution is -0.115. The van der Waals surface area contributed by atoms with Gasteiger partial charge >= 0.3 is 0 Å². The van der Waals surface area contributed by atoms with E-state index in [0.29, 0.717) is 22.9 Å². The number of carbonyl (C=O) groups excluding carboxylic acids is 2. The number of hydrogen-bond acceptors (Lipinski definition) is 5. The topological polar surface area (TPSA) is 102 Å². The van der Waals surface area contributed by atoms with Gasteiger partial charge in [0.2, 0.25) is 5.91 Å². The van der Waals surface area contributed by atoms with Crippen molar-refractivity contribution in [3.05, 3.63) is 94.4 Å². The van der Waals surface area contributed by atoms with Crippen molar-refractivity contribution in [1.29, 1.82) is 0 Å². The minimum absolute atomic E-state index is 0.0771. The number of nitrogens with one attached hydrogen (secondary N) is 2. The molecule has 0 spiro atoms. The van der Waals surface area contributed by atoms with Crippen LogP contribution in [0.3, 0.4) is 0 Å². The molecule has 0 bridgehead atoms. The lowest BCUT2D eigenvalue weighted by atomic mass is 10.1. The molecule has 172 valence electrons. The number of ether oxygens (including phenoxy) is 1. The van der Waals surface area contributed by atoms with Gasteiger partial charge in [0.1, 0.15) is 17.4 Å². The smallest absolute Gasteiger partial charge is 0.279 e. The molecule has 10 heteroatoms. The van der Waals surface area contributed by atoms with Gasteiger partial charge in [0.25, 0.3) is 11.5 Å². The van der Waals surface area contributed by atoms with Crippen LogP contribution in [-0.4, -0.2) is 35.2 Å². The summed E-state index contributed by atoms with van der Waals surface area (Å²) in [5, 5.41) is 9.46. The molecule has 2 amide bonds. The van der Waals surface area contributed by atoms with Gasteiger partial charge in [-0.05, 0) is 42.5 Å². The first kappa shape index (κ1) is 22.6. The van der Waals surface area contributed by atoms with Crippen LogP contribution < -0.4 is 20.9 Å². The van der Waals surface area contributed by atoms with Gasteiger partial charge in [-0.2, -0.15) is 9.78 Å². The highest BCUT2D eigenvalue weighted by Gasteiger charge is 2.18. The maximum Gasteiger partial charge on any atom is 0.279 e. The van der Waals surface area contributed by atoms with Gasteiger partial charge in [0.15, 0.2) is 5.69 Å². The molecular weight excluding hydrogens is 446 g/mol. The highest BCUT2D eigenvalue weighted by molar-refractivity contribution is 6.06. The molecule has 0 saturated heterocycles. The van der Waals surface area contributed by atoms with Crippen LogP contribution in [0.5, 0.6) is 5.75 Å². The molecule has 0 aliphatic rings. The Kier molecular flexibility index (Phi) is 6.30. The highest BCUT2D eigenvalue weighted by atomic mass is 19.1. The van der Waals surface area contributed by atoms with Crippen molar-refractivity contribution in [2.75, 3.05) is 19.0 Å². The lowest BCUT2D eigenvalue weighted by Crippen LogP contribution is -2.35. The van der Waals surface area contributed by atoms with Gasteiger partial charge in [-0.25, -0.2) is 8.78 Å². The van der Waals surface area contributed by atoms with Crippen molar-refractivity contribution >= 4 is 28.3 Å². The van der Waals surface area contributed by atoms with Crippen molar-refractivity contribution < 1.29 is 23.1 Å². The summed E-state index contributed by atoms with van der Waals surface area (Å²) < 4.78 is 33.0. The number of anilines is 1. The fourth-order valence-electron chi connectivity index (χ4n) is 3.29. The molecule has 0 aliphatic heterocycles. The quantitative estimate of drug-likeness (QED) is 0.457. The maximum atomic E-state index is 13.7. The van der Waals surface area contributed by atoms with E-state index >= 15 is 0 Å². The second kappa shape index (κ2) is 9.49. The van der Waals surface area contributed by atoms with Crippen LogP contribution in [0.25, 0.3) is 16.5 Å².